The topological polar surface area (TPSA) is 58.1 Å². The number of amides is 1. The summed E-state index contributed by atoms with van der Waals surface area (Å²) in [6.07, 6.45) is 7.47. The summed E-state index contributed by atoms with van der Waals surface area (Å²) in [5, 5.41) is 2.90. The largest absolute Gasteiger partial charge is 0.359 e. The second-order valence-electron chi connectivity index (χ2n) is 8.26. The summed E-state index contributed by atoms with van der Waals surface area (Å²) in [5.41, 5.74) is 3.47. The van der Waals surface area contributed by atoms with Crippen LogP contribution in [0.15, 0.2) is 67.3 Å². The van der Waals surface area contributed by atoms with Crippen molar-refractivity contribution in [2.45, 2.75) is 25.8 Å². The summed E-state index contributed by atoms with van der Waals surface area (Å²) >= 11 is 0. The summed E-state index contributed by atoms with van der Waals surface area (Å²) in [6, 6.07) is 14.8. The summed E-state index contributed by atoms with van der Waals surface area (Å²) in [5.74, 6) is -0.179. The average molecular weight is 419 g/mol. The maximum atomic E-state index is 13.7. The number of hydrogen-bond acceptors (Lipinski definition) is 4. The summed E-state index contributed by atoms with van der Waals surface area (Å²) in [6.45, 7) is 2.15. The zero-order valence-corrected chi connectivity index (χ0v) is 17.7. The van der Waals surface area contributed by atoms with E-state index in [4.69, 9.17) is 0 Å². The number of piperidine rings is 1. The maximum absolute atomic E-state index is 13.7. The predicted octanol–water partition coefficient (Wildman–Crippen LogP) is 3.85. The van der Waals surface area contributed by atoms with Crippen molar-refractivity contribution in [3.8, 4) is 11.1 Å². The smallest absolute Gasteiger partial charge is 0.227 e. The number of halogens is 1. The van der Waals surface area contributed by atoms with Crippen LogP contribution in [-0.2, 0) is 17.8 Å². The molecule has 0 bridgehead atoms. The molecule has 1 saturated heterocycles. The zero-order chi connectivity index (χ0) is 21.7. The lowest BCUT2D eigenvalue weighted by Crippen LogP contribution is -2.52. The molecule has 1 fully saturated rings. The van der Waals surface area contributed by atoms with E-state index in [1.165, 1.54) is 12.4 Å². The van der Waals surface area contributed by atoms with E-state index in [0.717, 1.165) is 41.6 Å². The molecule has 1 amide bonds. The summed E-state index contributed by atoms with van der Waals surface area (Å²) in [7, 11) is 1.70. The first-order valence-electron chi connectivity index (χ1n) is 10.6. The van der Waals surface area contributed by atoms with Gasteiger partial charge in [0.15, 0.2) is 0 Å². The molecule has 0 spiro atoms. The Balaban J connectivity index is 1.63. The lowest BCUT2D eigenvalue weighted by atomic mass is 9.73. The van der Waals surface area contributed by atoms with Gasteiger partial charge in [0.1, 0.15) is 12.1 Å². The molecule has 1 atom stereocenters. The quantitative estimate of drug-likeness (QED) is 0.661. The molecule has 0 unspecified atom stereocenters. The Kier molecular flexibility index (Phi) is 6.37. The molecular formula is C25H27FN4O. The van der Waals surface area contributed by atoms with Crippen LogP contribution in [0.3, 0.4) is 0 Å². The zero-order valence-electron chi connectivity index (χ0n) is 17.7. The number of likely N-dealkylation sites (tertiary alicyclic amines) is 1. The molecule has 2 heterocycles. The van der Waals surface area contributed by atoms with Gasteiger partial charge in [-0.2, -0.15) is 0 Å². The SMILES string of the molecule is CNC(=O)[C@@]1(Cc2ccccc2-c2cncnc2)CCCN(Cc2cccc(F)c2)C1. The van der Waals surface area contributed by atoms with Gasteiger partial charge in [0, 0.05) is 38.1 Å². The van der Waals surface area contributed by atoms with Crippen molar-refractivity contribution in [1.82, 2.24) is 20.2 Å². The molecular weight excluding hydrogens is 391 g/mol. The number of carbonyl (C=O) groups is 1. The average Bonchev–Trinajstić information content (AvgIpc) is 2.80. The van der Waals surface area contributed by atoms with E-state index in [1.54, 1.807) is 31.6 Å². The van der Waals surface area contributed by atoms with E-state index in [-0.39, 0.29) is 11.7 Å². The molecule has 0 saturated carbocycles. The molecule has 5 nitrogen and oxygen atoms in total. The van der Waals surface area contributed by atoms with Gasteiger partial charge in [0.05, 0.1) is 5.41 Å². The van der Waals surface area contributed by atoms with Crippen LogP contribution in [0.5, 0.6) is 0 Å². The Morgan fingerprint density at radius 3 is 2.74 bits per heavy atom. The monoisotopic (exact) mass is 418 g/mol. The van der Waals surface area contributed by atoms with Gasteiger partial charge < -0.3 is 5.32 Å². The minimum absolute atomic E-state index is 0.0514. The summed E-state index contributed by atoms with van der Waals surface area (Å²) < 4.78 is 13.7. The van der Waals surface area contributed by atoms with Crippen LogP contribution < -0.4 is 5.32 Å². The third kappa shape index (κ3) is 4.80. The van der Waals surface area contributed by atoms with Gasteiger partial charge in [-0.15, -0.1) is 0 Å². The second kappa shape index (κ2) is 9.35. The molecule has 3 aromatic rings. The van der Waals surface area contributed by atoms with Crippen LogP contribution in [0.4, 0.5) is 4.39 Å². The molecule has 1 aliphatic heterocycles. The standard InChI is InChI=1S/C25H27FN4O/c1-27-24(31)25(10-5-11-30(17-25)16-19-6-4-8-22(26)12-19)13-20-7-2-3-9-23(20)21-14-28-18-29-15-21/h2-4,6-9,12,14-15,18H,5,10-11,13,16-17H2,1H3,(H,27,31)/t25-/m1/s1. The van der Waals surface area contributed by atoms with Gasteiger partial charge in [-0.25, -0.2) is 14.4 Å². The lowest BCUT2D eigenvalue weighted by Gasteiger charge is -2.42. The van der Waals surface area contributed by atoms with E-state index in [0.29, 0.717) is 19.5 Å². The van der Waals surface area contributed by atoms with Crippen LogP contribution >= 0.6 is 0 Å². The number of nitrogens with zero attached hydrogens (tertiary/aromatic N) is 3. The molecule has 160 valence electrons. The van der Waals surface area contributed by atoms with Crippen molar-refractivity contribution in [2.75, 3.05) is 20.1 Å². The van der Waals surface area contributed by atoms with E-state index in [9.17, 15) is 9.18 Å². The van der Waals surface area contributed by atoms with Crippen molar-refractivity contribution in [2.24, 2.45) is 5.41 Å². The van der Waals surface area contributed by atoms with Crippen LogP contribution in [0.25, 0.3) is 11.1 Å². The van der Waals surface area contributed by atoms with Crippen molar-refractivity contribution in [3.05, 3.63) is 84.2 Å². The fourth-order valence-corrected chi connectivity index (χ4v) is 4.69. The highest BCUT2D eigenvalue weighted by molar-refractivity contribution is 5.83. The van der Waals surface area contributed by atoms with E-state index in [2.05, 4.69) is 32.3 Å². The molecule has 31 heavy (non-hydrogen) atoms. The van der Waals surface area contributed by atoms with E-state index >= 15 is 0 Å². The van der Waals surface area contributed by atoms with Crippen molar-refractivity contribution in [1.29, 1.82) is 0 Å². The fourth-order valence-electron chi connectivity index (χ4n) is 4.69. The Hall–Kier alpha value is -3.12. The van der Waals surface area contributed by atoms with Crippen molar-refractivity contribution in [3.63, 3.8) is 0 Å². The highest BCUT2D eigenvalue weighted by Crippen LogP contribution is 2.37. The second-order valence-corrected chi connectivity index (χ2v) is 8.26. The molecule has 0 aliphatic carbocycles. The lowest BCUT2D eigenvalue weighted by molar-refractivity contribution is -0.134. The van der Waals surface area contributed by atoms with Gasteiger partial charge in [-0.1, -0.05) is 36.4 Å². The molecule has 0 radical (unpaired) electrons. The van der Waals surface area contributed by atoms with E-state index < -0.39 is 5.41 Å². The Labute approximate surface area is 182 Å². The van der Waals surface area contributed by atoms with Crippen LogP contribution in [0.2, 0.25) is 0 Å². The number of rotatable bonds is 6. The maximum Gasteiger partial charge on any atom is 0.227 e. The number of aromatic nitrogens is 2. The number of benzene rings is 2. The van der Waals surface area contributed by atoms with Crippen molar-refractivity contribution >= 4 is 5.91 Å². The molecule has 2 aromatic carbocycles. The molecule has 1 N–H and O–H groups in total. The predicted molar refractivity (Wildman–Crippen MR) is 119 cm³/mol. The Morgan fingerprint density at radius 2 is 1.97 bits per heavy atom. The highest BCUT2D eigenvalue weighted by atomic mass is 19.1. The molecule has 1 aliphatic rings. The minimum Gasteiger partial charge on any atom is -0.359 e. The fraction of sp³-hybridized carbons (Fsp3) is 0.320. The number of nitrogens with one attached hydrogen (secondary N) is 1. The normalized spacial score (nSPS) is 19.2. The van der Waals surface area contributed by atoms with Gasteiger partial charge in [0.2, 0.25) is 5.91 Å². The van der Waals surface area contributed by atoms with Crippen LogP contribution in [0.1, 0.15) is 24.0 Å². The molecule has 4 rings (SSSR count). The third-order valence-electron chi connectivity index (χ3n) is 6.08. The first-order valence-corrected chi connectivity index (χ1v) is 10.6. The van der Waals surface area contributed by atoms with Crippen LogP contribution in [0, 0.1) is 11.2 Å². The Morgan fingerprint density at radius 1 is 1.16 bits per heavy atom. The third-order valence-corrected chi connectivity index (χ3v) is 6.08. The van der Waals surface area contributed by atoms with Crippen molar-refractivity contribution < 1.29 is 9.18 Å². The molecule has 6 heteroatoms. The number of carbonyl (C=O) groups excluding carboxylic acids is 1. The van der Waals surface area contributed by atoms with Gasteiger partial charge in [-0.3, -0.25) is 9.69 Å². The van der Waals surface area contributed by atoms with Crippen LogP contribution in [-0.4, -0.2) is 40.9 Å². The van der Waals surface area contributed by atoms with Gasteiger partial charge >= 0.3 is 0 Å². The first-order chi connectivity index (χ1) is 15.1. The molecule has 1 aromatic heterocycles. The summed E-state index contributed by atoms with van der Waals surface area (Å²) in [4.78, 5) is 23.7. The van der Waals surface area contributed by atoms with Gasteiger partial charge in [-0.05, 0) is 54.6 Å². The van der Waals surface area contributed by atoms with E-state index in [1.807, 2.05) is 18.2 Å². The van der Waals surface area contributed by atoms with Gasteiger partial charge in [0.25, 0.3) is 0 Å². The highest BCUT2D eigenvalue weighted by Gasteiger charge is 2.42. The Bertz CT molecular complexity index is 1040. The first kappa shape index (κ1) is 21.1. The number of hydrogen-bond donors (Lipinski definition) is 1. The minimum atomic E-state index is -0.550.